The maximum Gasteiger partial charge on any atom is 0.123 e. The Hall–Kier alpha value is -0.610. The Morgan fingerprint density at radius 3 is 2.93 bits per heavy atom. The van der Waals surface area contributed by atoms with E-state index in [0.717, 1.165) is 29.7 Å². The molecule has 0 amide bonds. The molecule has 0 spiro atoms. The molecule has 0 fully saturated rings. The Morgan fingerprint density at radius 2 is 2.29 bits per heavy atom. The molecule has 1 aromatic rings. The Labute approximate surface area is 91.6 Å². The number of benzene rings is 1. The second-order valence-electron chi connectivity index (χ2n) is 2.84. The first-order valence-electron chi connectivity index (χ1n) is 4.37. The van der Waals surface area contributed by atoms with Gasteiger partial charge in [-0.15, -0.1) is 0 Å². The van der Waals surface area contributed by atoms with E-state index in [4.69, 9.17) is 4.74 Å². The maximum absolute atomic E-state index is 12.9. The Kier molecular flexibility index (Phi) is 4.90. The molecule has 0 bridgehead atoms. The average molecular weight is 262 g/mol. The van der Waals surface area contributed by atoms with E-state index in [1.165, 1.54) is 12.1 Å². The number of ether oxygens (including phenoxy) is 1. The first kappa shape index (κ1) is 11.5. The van der Waals surface area contributed by atoms with Gasteiger partial charge in [-0.25, -0.2) is 4.39 Å². The number of hydrogen-bond donors (Lipinski definition) is 1. The molecule has 0 saturated heterocycles. The van der Waals surface area contributed by atoms with E-state index in [9.17, 15) is 4.39 Å². The third-order valence-electron chi connectivity index (χ3n) is 1.91. The van der Waals surface area contributed by atoms with Crippen LogP contribution in [0.1, 0.15) is 5.56 Å². The summed E-state index contributed by atoms with van der Waals surface area (Å²) in [6, 6.07) is 4.56. The Bertz CT molecular complexity index is 293. The third kappa shape index (κ3) is 3.27. The molecule has 0 saturated carbocycles. The zero-order chi connectivity index (χ0) is 10.4. The van der Waals surface area contributed by atoms with Gasteiger partial charge in [0.05, 0.1) is 12.6 Å². The van der Waals surface area contributed by atoms with Crippen molar-refractivity contribution in [3.8, 4) is 5.75 Å². The van der Waals surface area contributed by atoms with Gasteiger partial charge in [0.25, 0.3) is 0 Å². The molecule has 4 heteroatoms. The number of hydrogen-bond acceptors (Lipinski definition) is 2. The van der Waals surface area contributed by atoms with Gasteiger partial charge in [0.1, 0.15) is 11.6 Å². The number of rotatable bonds is 5. The molecule has 1 N–H and O–H groups in total. The molecule has 0 atom stereocenters. The van der Waals surface area contributed by atoms with Gasteiger partial charge in [0.2, 0.25) is 0 Å². The van der Waals surface area contributed by atoms with Crippen LogP contribution in [0.2, 0.25) is 0 Å². The minimum atomic E-state index is -0.223. The number of nitrogens with one attached hydrogen (secondary N) is 1. The van der Waals surface area contributed by atoms with E-state index < -0.39 is 0 Å². The van der Waals surface area contributed by atoms with Crippen LogP contribution in [0.25, 0.3) is 0 Å². The largest absolute Gasteiger partial charge is 0.496 e. The first-order chi connectivity index (χ1) is 6.77. The second-order valence-corrected chi connectivity index (χ2v) is 3.40. The molecule has 1 rings (SSSR count). The monoisotopic (exact) mass is 261 g/mol. The van der Waals surface area contributed by atoms with Crippen LogP contribution in [0.15, 0.2) is 18.2 Å². The molecule has 0 heterocycles. The summed E-state index contributed by atoms with van der Waals surface area (Å²) in [6.07, 6.45) is 0.756. The Morgan fingerprint density at radius 1 is 1.50 bits per heavy atom. The molecule has 14 heavy (non-hydrogen) atoms. The molecule has 2 nitrogen and oxygen atoms in total. The van der Waals surface area contributed by atoms with Crippen LogP contribution in [0.5, 0.6) is 5.75 Å². The molecule has 0 unspecified atom stereocenters. The summed E-state index contributed by atoms with van der Waals surface area (Å²) in [4.78, 5) is 0. The van der Waals surface area contributed by atoms with Gasteiger partial charge < -0.3 is 10.1 Å². The van der Waals surface area contributed by atoms with Crippen molar-refractivity contribution < 1.29 is 9.13 Å². The minimum Gasteiger partial charge on any atom is -0.496 e. The van der Waals surface area contributed by atoms with Gasteiger partial charge in [-0.3, -0.25) is 0 Å². The number of alkyl halides is 1. The molecule has 0 aromatic heterocycles. The van der Waals surface area contributed by atoms with Crippen molar-refractivity contribution in [3.05, 3.63) is 29.6 Å². The second kappa shape index (κ2) is 5.98. The lowest BCUT2D eigenvalue weighted by atomic mass is 10.1. The Balaban J connectivity index is 2.67. The van der Waals surface area contributed by atoms with Crippen LogP contribution < -0.4 is 10.1 Å². The average Bonchev–Trinajstić information content (AvgIpc) is 2.19. The van der Waals surface area contributed by atoms with E-state index in [-0.39, 0.29) is 5.82 Å². The molecule has 0 aliphatic rings. The fraction of sp³-hybridized carbons (Fsp3) is 0.400. The van der Waals surface area contributed by atoms with Gasteiger partial charge in [-0.05, 0) is 30.2 Å². The predicted octanol–water partition coefficient (Wildman–Crippen LogP) is 2.32. The topological polar surface area (TPSA) is 21.3 Å². The minimum absolute atomic E-state index is 0.223. The van der Waals surface area contributed by atoms with E-state index in [1.807, 2.05) is 0 Å². The van der Waals surface area contributed by atoms with Gasteiger partial charge >= 0.3 is 0 Å². The summed E-state index contributed by atoms with van der Waals surface area (Å²) in [7, 11) is 1.59. The van der Waals surface area contributed by atoms with Crippen LogP contribution in [0.4, 0.5) is 4.39 Å². The fourth-order valence-electron chi connectivity index (χ4n) is 1.23. The van der Waals surface area contributed by atoms with Crippen LogP contribution in [0, 0.1) is 5.82 Å². The van der Waals surface area contributed by atoms with Crippen LogP contribution in [-0.4, -0.2) is 19.1 Å². The molecule has 0 aliphatic heterocycles. The van der Waals surface area contributed by atoms with Gasteiger partial charge in [0, 0.05) is 6.54 Å². The number of methoxy groups -OCH3 is 1. The molecule has 0 aliphatic carbocycles. The zero-order valence-corrected chi connectivity index (χ0v) is 9.60. The molecular formula is C10H13BrFNO. The summed E-state index contributed by atoms with van der Waals surface area (Å²) in [5.74, 6) is 0.516. The van der Waals surface area contributed by atoms with Gasteiger partial charge in [0.15, 0.2) is 0 Å². The van der Waals surface area contributed by atoms with Crippen molar-refractivity contribution in [2.75, 3.05) is 19.1 Å². The fourth-order valence-corrected chi connectivity index (χ4v) is 1.51. The highest BCUT2D eigenvalue weighted by Crippen LogP contribution is 2.19. The first-order valence-corrected chi connectivity index (χ1v) is 5.49. The SMILES string of the molecule is COc1ccc(F)cc1CCNCBr. The molecule has 78 valence electrons. The van der Waals surface area contributed by atoms with Crippen molar-refractivity contribution in [3.63, 3.8) is 0 Å². The van der Waals surface area contributed by atoms with Gasteiger partial charge in [-0.1, -0.05) is 15.9 Å². The van der Waals surface area contributed by atoms with E-state index in [0.29, 0.717) is 0 Å². The van der Waals surface area contributed by atoms with E-state index >= 15 is 0 Å². The highest BCUT2D eigenvalue weighted by molar-refractivity contribution is 9.09. The lowest BCUT2D eigenvalue weighted by Crippen LogP contribution is -2.14. The van der Waals surface area contributed by atoms with E-state index in [1.54, 1.807) is 13.2 Å². The summed E-state index contributed by atoms with van der Waals surface area (Å²) >= 11 is 3.26. The summed E-state index contributed by atoms with van der Waals surface area (Å²) < 4.78 is 18.0. The predicted molar refractivity (Wildman–Crippen MR) is 58.5 cm³/mol. The maximum atomic E-state index is 12.9. The van der Waals surface area contributed by atoms with Crippen molar-refractivity contribution >= 4 is 15.9 Å². The standard InChI is InChI=1S/C10H13BrFNO/c1-14-10-3-2-9(12)6-8(10)4-5-13-7-11/h2-3,6,13H,4-5,7H2,1H3. The number of halogens is 2. The lowest BCUT2D eigenvalue weighted by molar-refractivity contribution is 0.408. The highest BCUT2D eigenvalue weighted by atomic mass is 79.9. The molecular weight excluding hydrogens is 249 g/mol. The van der Waals surface area contributed by atoms with Crippen molar-refractivity contribution in [2.45, 2.75) is 6.42 Å². The summed E-state index contributed by atoms with van der Waals surface area (Å²) in [5, 5.41) is 3.11. The van der Waals surface area contributed by atoms with Crippen LogP contribution in [-0.2, 0) is 6.42 Å². The van der Waals surface area contributed by atoms with Crippen LogP contribution >= 0.6 is 15.9 Å². The zero-order valence-electron chi connectivity index (χ0n) is 8.02. The quantitative estimate of drug-likeness (QED) is 0.499. The molecule has 0 radical (unpaired) electrons. The summed E-state index contributed by atoms with van der Waals surface area (Å²) in [5.41, 5.74) is 1.63. The van der Waals surface area contributed by atoms with Crippen molar-refractivity contribution in [1.29, 1.82) is 0 Å². The summed E-state index contributed by atoms with van der Waals surface area (Å²) in [6.45, 7) is 0.797. The molecule has 1 aromatic carbocycles. The van der Waals surface area contributed by atoms with Crippen molar-refractivity contribution in [1.82, 2.24) is 5.32 Å². The third-order valence-corrected chi connectivity index (χ3v) is 2.30. The van der Waals surface area contributed by atoms with Crippen LogP contribution in [0.3, 0.4) is 0 Å². The lowest BCUT2D eigenvalue weighted by Gasteiger charge is -2.08. The highest BCUT2D eigenvalue weighted by Gasteiger charge is 2.03. The van der Waals surface area contributed by atoms with E-state index in [2.05, 4.69) is 21.2 Å². The smallest absolute Gasteiger partial charge is 0.123 e. The van der Waals surface area contributed by atoms with Gasteiger partial charge in [-0.2, -0.15) is 0 Å². The van der Waals surface area contributed by atoms with Crippen molar-refractivity contribution in [2.24, 2.45) is 0 Å². The normalized spacial score (nSPS) is 10.2.